The minimum atomic E-state index is -0.426. The summed E-state index contributed by atoms with van der Waals surface area (Å²) in [5.41, 5.74) is 3.03. The fourth-order valence-corrected chi connectivity index (χ4v) is 2.69. The van der Waals surface area contributed by atoms with Gasteiger partial charge in [0.2, 0.25) is 5.95 Å². The zero-order valence-electron chi connectivity index (χ0n) is 13.8. The average Bonchev–Trinajstić information content (AvgIpc) is 2.71. The van der Waals surface area contributed by atoms with Crippen LogP contribution in [0.5, 0.6) is 0 Å². The zero-order chi connectivity index (χ0) is 17.9. The first-order valence-electron chi connectivity index (χ1n) is 8.15. The molecule has 9 nitrogen and oxygen atoms in total. The average molecular weight is 352 g/mol. The molecule has 0 saturated carbocycles. The number of ether oxygens (including phenoxy) is 1. The molecule has 3 aromatic heterocycles. The quantitative estimate of drug-likeness (QED) is 0.728. The fourth-order valence-electron chi connectivity index (χ4n) is 2.69. The summed E-state index contributed by atoms with van der Waals surface area (Å²) in [6.45, 7) is 2.68. The number of fused-ring (bicyclic) bond motifs is 1. The van der Waals surface area contributed by atoms with E-state index in [4.69, 9.17) is 4.74 Å². The van der Waals surface area contributed by atoms with Crippen molar-refractivity contribution in [2.75, 3.05) is 36.6 Å². The highest BCUT2D eigenvalue weighted by Gasteiger charge is 2.15. The minimum absolute atomic E-state index is 0.330. The van der Waals surface area contributed by atoms with Gasteiger partial charge in [0, 0.05) is 37.9 Å². The SMILES string of the molecule is O=C(Nn1ccc2nc(N3CCOCC3)ncc2c1=O)c1cccnc1. The van der Waals surface area contributed by atoms with Gasteiger partial charge in [0.15, 0.2) is 0 Å². The standard InChI is InChI=1S/C17H16N6O3/c24-15(12-2-1-4-18-10-12)21-23-5-3-14-13(16(23)25)11-19-17(20-14)22-6-8-26-9-7-22/h1-5,10-11H,6-9H2,(H,21,24). The lowest BCUT2D eigenvalue weighted by atomic mass is 10.3. The molecule has 1 amide bonds. The number of carbonyl (C=O) groups is 1. The molecule has 3 aromatic rings. The number of carbonyl (C=O) groups excluding carboxylic acids is 1. The van der Waals surface area contributed by atoms with Gasteiger partial charge in [-0.05, 0) is 18.2 Å². The fraction of sp³-hybridized carbons (Fsp3) is 0.235. The third-order valence-corrected chi connectivity index (χ3v) is 4.08. The number of nitrogens with zero attached hydrogens (tertiary/aromatic N) is 5. The molecule has 26 heavy (non-hydrogen) atoms. The number of amides is 1. The maximum atomic E-state index is 12.6. The second kappa shape index (κ2) is 6.89. The van der Waals surface area contributed by atoms with Crippen LogP contribution in [0.3, 0.4) is 0 Å². The van der Waals surface area contributed by atoms with E-state index in [2.05, 4.69) is 20.4 Å². The number of hydrogen-bond donors (Lipinski definition) is 1. The van der Waals surface area contributed by atoms with Crippen molar-refractivity contribution in [1.29, 1.82) is 0 Å². The van der Waals surface area contributed by atoms with Crippen molar-refractivity contribution in [3.8, 4) is 0 Å². The highest BCUT2D eigenvalue weighted by atomic mass is 16.5. The molecule has 9 heteroatoms. The van der Waals surface area contributed by atoms with Crippen LogP contribution in [0.2, 0.25) is 0 Å². The second-order valence-electron chi connectivity index (χ2n) is 5.74. The summed E-state index contributed by atoms with van der Waals surface area (Å²) in [5.74, 6) is 0.141. The van der Waals surface area contributed by atoms with Gasteiger partial charge in [0.05, 0.1) is 29.7 Å². The Morgan fingerprint density at radius 1 is 1.19 bits per heavy atom. The van der Waals surface area contributed by atoms with Crippen molar-refractivity contribution in [3.05, 3.63) is 58.9 Å². The van der Waals surface area contributed by atoms with E-state index in [1.807, 2.05) is 4.90 Å². The molecule has 4 rings (SSSR count). The van der Waals surface area contributed by atoms with Crippen LogP contribution in [0.25, 0.3) is 10.9 Å². The van der Waals surface area contributed by atoms with E-state index < -0.39 is 11.5 Å². The van der Waals surface area contributed by atoms with Crippen LogP contribution < -0.4 is 15.9 Å². The molecular formula is C17H16N6O3. The van der Waals surface area contributed by atoms with Crippen LogP contribution in [0, 0.1) is 0 Å². The maximum absolute atomic E-state index is 12.6. The van der Waals surface area contributed by atoms with Crippen molar-refractivity contribution < 1.29 is 9.53 Å². The molecule has 1 fully saturated rings. The van der Waals surface area contributed by atoms with Crippen LogP contribution in [0.1, 0.15) is 10.4 Å². The molecule has 1 saturated heterocycles. The summed E-state index contributed by atoms with van der Waals surface area (Å²) in [4.78, 5) is 39.5. The molecule has 0 unspecified atom stereocenters. The summed E-state index contributed by atoms with van der Waals surface area (Å²) in [6.07, 6.45) is 5.97. The van der Waals surface area contributed by atoms with Crippen LogP contribution >= 0.6 is 0 Å². The predicted octanol–water partition coefficient (Wildman–Crippen LogP) is 0.407. The van der Waals surface area contributed by atoms with E-state index >= 15 is 0 Å². The van der Waals surface area contributed by atoms with Crippen LogP contribution in [0.4, 0.5) is 5.95 Å². The van der Waals surface area contributed by atoms with Gasteiger partial charge in [-0.25, -0.2) is 14.6 Å². The molecule has 1 aliphatic heterocycles. The van der Waals surface area contributed by atoms with E-state index in [1.165, 1.54) is 18.6 Å². The lowest BCUT2D eigenvalue weighted by Gasteiger charge is -2.26. The van der Waals surface area contributed by atoms with Gasteiger partial charge < -0.3 is 9.64 Å². The molecule has 0 aromatic carbocycles. The van der Waals surface area contributed by atoms with Gasteiger partial charge in [-0.15, -0.1) is 0 Å². The summed E-state index contributed by atoms with van der Waals surface area (Å²) in [6, 6.07) is 4.94. The molecule has 0 aliphatic carbocycles. The Labute approximate surface area is 148 Å². The van der Waals surface area contributed by atoms with Gasteiger partial charge >= 0.3 is 0 Å². The van der Waals surface area contributed by atoms with Crippen molar-refractivity contribution in [3.63, 3.8) is 0 Å². The van der Waals surface area contributed by atoms with Crippen molar-refractivity contribution in [2.45, 2.75) is 0 Å². The third-order valence-electron chi connectivity index (χ3n) is 4.08. The number of nitrogens with one attached hydrogen (secondary N) is 1. The van der Waals surface area contributed by atoms with Crippen LogP contribution in [-0.4, -0.2) is 51.8 Å². The van der Waals surface area contributed by atoms with Crippen molar-refractivity contribution >= 4 is 22.8 Å². The van der Waals surface area contributed by atoms with Gasteiger partial charge in [-0.2, -0.15) is 0 Å². The van der Waals surface area contributed by atoms with E-state index in [0.717, 1.165) is 4.68 Å². The number of anilines is 1. The normalized spacial score (nSPS) is 14.4. The van der Waals surface area contributed by atoms with Crippen LogP contribution in [-0.2, 0) is 4.74 Å². The smallest absolute Gasteiger partial charge is 0.280 e. The number of rotatable bonds is 3. The molecule has 4 heterocycles. The first kappa shape index (κ1) is 16.2. The monoisotopic (exact) mass is 352 g/mol. The molecule has 1 N–H and O–H groups in total. The Balaban J connectivity index is 1.63. The summed E-state index contributed by atoms with van der Waals surface area (Å²) in [7, 11) is 0. The Morgan fingerprint density at radius 3 is 2.81 bits per heavy atom. The molecule has 0 radical (unpaired) electrons. The van der Waals surface area contributed by atoms with Gasteiger partial charge in [-0.3, -0.25) is 20.0 Å². The molecule has 0 atom stereocenters. The van der Waals surface area contributed by atoms with Crippen molar-refractivity contribution in [2.24, 2.45) is 0 Å². The zero-order valence-corrected chi connectivity index (χ0v) is 13.8. The summed E-state index contributed by atoms with van der Waals surface area (Å²) >= 11 is 0. The summed E-state index contributed by atoms with van der Waals surface area (Å²) in [5, 5.41) is 0.330. The molecule has 132 valence electrons. The highest BCUT2D eigenvalue weighted by molar-refractivity contribution is 5.99. The molecular weight excluding hydrogens is 336 g/mol. The lowest BCUT2D eigenvalue weighted by molar-refractivity contribution is 0.101. The van der Waals surface area contributed by atoms with Crippen LogP contribution in [0.15, 0.2) is 47.8 Å². The molecule has 0 spiro atoms. The predicted molar refractivity (Wildman–Crippen MR) is 94.8 cm³/mol. The highest BCUT2D eigenvalue weighted by Crippen LogP contribution is 2.13. The van der Waals surface area contributed by atoms with E-state index in [0.29, 0.717) is 48.7 Å². The third kappa shape index (κ3) is 3.11. The second-order valence-corrected chi connectivity index (χ2v) is 5.74. The van der Waals surface area contributed by atoms with Crippen molar-refractivity contribution in [1.82, 2.24) is 19.6 Å². The number of aromatic nitrogens is 4. The largest absolute Gasteiger partial charge is 0.378 e. The number of morpholine rings is 1. The van der Waals surface area contributed by atoms with E-state index in [-0.39, 0.29) is 0 Å². The van der Waals surface area contributed by atoms with Gasteiger partial charge in [-0.1, -0.05) is 0 Å². The number of hydrogen-bond acceptors (Lipinski definition) is 7. The van der Waals surface area contributed by atoms with E-state index in [9.17, 15) is 9.59 Å². The first-order valence-corrected chi connectivity index (χ1v) is 8.15. The minimum Gasteiger partial charge on any atom is -0.378 e. The molecule has 1 aliphatic rings. The van der Waals surface area contributed by atoms with E-state index in [1.54, 1.807) is 24.4 Å². The Hall–Kier alpha value is -3.33. The van der Waals surface area contributed by atoms with Gasteiger partial charge in [0.1, 0.15) is 0 Å². The maximum Gasteiger partial charge on any atom is 0.280 e. The first-order chi connectivity index (χ1) is 12.7. The summed E-state index contributed by atoms with van der Waals surface area (Å²) < 4.78 is 6.44. The molecule has 0 bridgehead atoms. The Bertz CT molecular complexity index is 998. The topological polar surface area (TPSA) is 102 Å². The Kier molecular flexibility index (Phi) is 4.28. The lowest BCUT2D eigenvalue weighted by Crippen LogP contribution is -2.37. The van der Waals surface area contributed by atoms with Gasteiger partial charge in [0.25, 0.3) is 11.5 Å². The number of pyridine rings is 2. The Morgan fingerprint density at radius 2 is 2.04 bits per heavy atom.